The molecule has 2 heterocycles. The first kappa shape index (κ1) is 10.6. The van der Waals surface area contributed by atoms with Crippen molar-refractivity contribution >= 4 is 0 Å². The minimum Gasteiger partial charge on any atom is -0.340 e. The molecule has 0 atom stereocenters. The van der Waals surface area contributed by atoms with Crippen LogP contribution in [0.5, 0.6) is 0 Å². The van der Waals surface area contributed by atoms with E-state index in [0.29, 0.717) is 24.1 Å². The van der Waals surface area contributed by atoms with Crippen molar-refractivity contribution in [2.75, 3.05) is 0 Å². The molecule has 0 radical (unpaired) electrons. The van der Waals surface area contributed by atoms with Crippen LogP contribution < -0.4 is 0 Å². The lowest BCUT2D eigenvalue weighted by atomic mass is 10.2. The normalized spacial score (nSPS) is 10.7. The molecule has 0 amide bonds. The summed E-state index contributed by atoms with van der Waals surface area (Å²) in [6, 6.07) is 9.66. The largest absolute Gasteiger partial charge is 0.340 e. The van der Waals surface area contributed by atoms with Gasteiger partial charge in [0.25, 0.3) is 0 Å². The average molecular weight is 242 g/mol. The van der Waals surface area contributed by atoms with E-state index in [-0.39, 0.29) is 0 Å². The maximum Gasteiger partial charge on any atom is 0.223 e. The van der Waals surface area contributed by atoms with Gasteiger partial charge in [0.15, 0.2) is 5.82 Å². The van der Waals surface area contributed by atoms with E-state index in [2.05, 4.69) is 25.6 Å². The van der Waals surface area contributed by atoms with Crippen molar-refractivity contribution in [3.8, 4) is 11.4 Å². The number of aryl methyl sites for hydroxylation is 1. The zero-order valence-corrected chi connectivity index (χ0v) is 9.69. The van der Waals surface area contributed by atoms with Gasteiger partial charge in [-0.1, -0.05) is 35.5 Å². The van der Waals surface area contributed by atoms with E-state index in [0.717, 1.165) is 5.56 Å². The molecule has 3 aromatic rings. The Balaban J connectivity index is 1.82. The lowest BCUT2D eigenvalue weighted by Crippen LogP contribution is -2.05. The predicted molar refractivity (Wildman–Crippen MR) is 61.4 cm³/mol. The fraction of sp³-hybridized carbons (Fsp3) is 0.182. The summed E-state index contributed by atoms with van der Waals surface area (Å²) in [5, 5.41) is 16.0. The fourth-order valence-corrected chi connectivity index (χ4v) is 1.55. The molecule has 0 spiro atoms. The SMILES string of the molecule is Cc1nc(Cn2nnc(-c3ccccc3)n2)no1. The third kappa shape index (κ3) is 2.10. The van der Waals surface area contributed by atoms with Crippen LogP contribution in [-0.2, 0) is 6.54 Å². The maximum atomic E-state index is 4.88. The average Bonchev–Trinajstić information content (AvgIpc) is 3.01. The lowest BCUT2D eigenvalue weighted by molar-refractivity contribution is 0.383. The molecule has 90 valence electrons. The zero-order chi connectivity index (χ0) is 12.4. The van der Waals surface area contributed by atoms with Crippen LogP contribution in [0.25, 0.3) is 11.4 Å². The number of aromatic nitrogens is 6. The van der Waals surface area contributed by atoms with Gasteiger partial charge in [0.05, 0.1) is 0 Å². The van der Waals surface area contributed by atoms with Gasteiger partial charge in [0.2, 0.25) is 11.7 Å². The first-order valence-electron chi connectivity index (χ1n) is 5.44. The summed E-state index contributed by atoms with van der Waals surface area (Å²) in [4.78, 5) is 5.52. The first-order chi connectivity index (χ1) is 8.81. The summed E-state index contributed by atoms with van der Waals surface area (Å²) in [6.45, 7) is 2.08. The Morgan fingerprint density at radius 1 is 1.22 bits per heavy atom. The van der Waals surface area contributed by atoms with Gasteiger partial charge in [-0.2, -0.15) is 9.78 Å². The third-order valence-electron chi connectivity index (χ3n) is 2.34. The van der Waals surface area contributed by atoms with Gasteiger partial charge in [0.1, 0.15) is 6.54 Å². The summed E-state index contributed by atoms with van der Waals surface area (Å²) in [7, 11) is 0. The van der Waals surface area contributed by atoms with Crippen molar-refractivity contribution in [2.24, 2.45) is 0 Å². The van der Waals surface area contributed by atoms with Crippen LogP contribution in [0.3, 0.4) is 0 Å². The number of hydrogen-bond donors (Lipinski definition) is 0. The first-order valence-corrected chi connectivity index (χ1v) is 5.44. The molecule has 0 saturated carbocycles. The monoisotopic (exact) mass is 242 g/mol. The van der Waals surface area contributed by atoms with Gasteiger partial charge in [-0.3, -0.25) is 0 Å². The molecule has 0 unspecified atom stereocenters. The Hall–Kier alpha value is -2.57. The second-order valence-electron chi connectivity index (χ2n) is 3.74. The smallest absolute Gasteiger partial charge is 0.223 e. The van der Waals surface area contributed by atoms with Gasteiger partial charge >= 0.3 is 0 Å². The third-order valence-corrected chi connectivity index (χ3v) is 2.34. The molecular weight excluding hydrogens is 232 g/mol. The molecule has 0 saturated heterocycles. The predicted octanol–water partition coefficient (Wildman–Crippen LogP) is 1.08. The molecular formula is C11H10N6O. The van der Waals surface area contributed by atoms with Gasteiger partial charge < -0.3 is 4.52 Å². The lowest BCUT2D eigenvalue weighted by Gasteiger charge is -1.92. The van der Waals surface area contributed by atoms with E-state index < -0.39 is 0 Å². The van der Waals surface area contributed by atoms with Gasteiger partial charge in [-0.15, -0.1) is 10.2 Å². The minimum absolute atomic E-state index is 0.344. The van der Waals surface area contributed by atoms with Crippen LogP contribution in [0, 0.1) is 6.92 Å². The molecule has 7 nitrogen and oxygen atoms in total. The maximum absolute atomic E-state index is 4.88. The minimum atomic E-state index is 0.344. The number of rotatable bonds is 3. The van der Waals surface area contributed by atoms with Crippen LogP contribution in [0.15, 0.2) is 34.9 Å². The molecule has 7 heteroatoms. The number of benzene rings is 1. The Bertz CT molecular complexity index is 644. The fourth-order valence-electron chi connectivity index (χ4n) is 1.55. The number of nitrogens with zero attached hydrogens (tertiary/aromatic N) is 6. The Kier molecular flexibility index (Phi) is 2.56. The van der Waals surface area contributed by atoms with E-state index in [9.17, 15) is 0 Å². The molecule has 3 rings (SSSR count). The van der Waals surface area contributed by atoms with Crippen molar-refractivity contribution in [3.63, 3.8) is 0 Å². The van der Waals surface area contributed by atoms with Gasteiger partial charge in [0, 0.05) is 12.5 Å². The Labute approximate surface area is 102 Å². The Morgan fingerprint density at radius 2 is 2.06 bits per heavy atom. The van der Waals surface area contributed by atoms with Crippen LogP contribution in [0.2, 0.25) is 0 Å². The summed E-state index contributed by atoms with van der Waals surface area (Å²) in [5.74, 6) is 1.63. The highest BCUT2D eigenvalue weighted by atomic mass is 16.5. The van der Waals surface area contributed by atoms with Crippen molar-refractivity contribution in [1.29, 1.82) is 0 Å². The van der Waals surface area contributed by atoms with E-state index in [1.807, 2.05) is 30.3 Å². The number of hydrogen-bond acceptors (Lipinski definition) is 6. The van der Waals surface area contributed by atoms with Crippen LogP contribution in [0.1, 0.15) is 11.7 Å². The molecule has 0 aliphatic carbocycles. The molecule has 1 aromatic carbocycles. The van der Waals surface area contributed by atoms with Crippen LogP contribution >= 0.6 is 0 Å². The van der Waals surface area contributed by atoms with Crippen LogP contribution in [0.4, 0.5) is 0 Å². The summed E-state index contributed by atoms with van der Waals surface area (Å²) < 4.78 is 4.88. The van der Waals surface area contributed by atoms with Crippen LogP contribution in [-0.4, -0.2) is 30.3 Å². The molecule has 0 bridgehead atoms. The summed E-state index contributed by atoms with van der Waals surface area (Å²) in [6.07, 6.45) is 0. The highest BCUT2D eigenvalue weighted by Gasteiger charge is 2.08. The zero-order valence-electron chi connectivity index (χ0n) is 9.69. The summed E-state index contributed by atoms with van der Waals surface area (Å²) in [5.41, 5.74) is 0.924. The molecule has 2 aromatic heterocycles. The second-order valence-corrected chi connectivity index (χ2v) is 3.74. The molecule has 18 heavy (non-hydrogen) atoms. The van der Waals surface area contributed by atoms with Crippen molar-refractivity contribution in [2.45, 2.75) is 13.5 Å². The van der Waals surface area contributed by atoms with Crippen molar-refractivity contribution < 1.29 is 4.52 Å². The Morgan fingerprint density at radius 3 is 2.78 bits per heavy atom. The van der Waals surface area contributed by atoms with Crippen molar-refractivity contribution in [1.82, 2.24) is 30.3 Å². The summed E-state index contributed by atoms with van der Waals surface area (Å²) >= 11 is 0. The molecule has 0 N–H and O–H groups in total. The van der Waals surface area contributed by atoms with E-state index in [4.69, 9.17) is 4.52 Å². The molecule has 0 aliphatic rings. The van der Waals surface area contributed by atoms with Gasteiger partial charge in [-0.25, -0.2) is 0 Å². The molecule has 0 fully saturated rings. The molecule has 0 aliphatic heterocycles. The number of tetrazole rings is 1. The highest BCUT2D eigenvalue weighted by molar-refractivity contribution is 5.52. The van der Waals surface area contributed by atoms with E-state index in [1.165, 1.54) is 4.80 Å². The highest BCUT2D eigenvalue weighted by Crippen LogP contribution is 2.11. The van der Waals surface area contributed by atoms with E-state index >= 15 is 0 Å². The topological polar surface area (TPSA) is 82.5 Å². The second kappa shape index (κ2) is 4.36. The standard InChI is InChI=1S/C11H10N6O/c1-8-12-10(15-18-8)7-17-14-11(13-16-17)9-5-3-2-4-6-9/h2-6H,7H2,1H3. The van der Waals surface area contributed by atoms with Crippen molar-refractivity contribution in [3.05, 3.63) is 42.0 Å². The van der Waals surface area contributed by atoms with E-state index in [1.54, 1.807) is 6.92 Å². The van der Waals surface area contributed by atoms with Gasteiger partial charge in [-0.05, 0) is 5.21 Å². The quantitative estimate of drug-likeness (QED) is 0.683.